The van der Waals surface area contributed by atoms with Crippen LogP contribution >= 0.6 is 0 Å². The Bertz CT molecular complexity index is 1090. The summed E-state index contributed by atoms with van der Waals surface area (Å²) in [5.74, 6) is 0.871. The van der Waals surface area contributed by atoms with Crippen molar-refractivity contribution in [2.24, 2.45) is 0 Å². The van der Waals surface area contributed by atoms with Crippen molar-refractivity contribution < 1.29 is 23.4 Å². The van der Waals surface area contributed by atoms with Crippen LogP contribution in [0.25, 0.3) is 16.7 Å². The maximum absolute atomic E-state index is 13.2. The van der Waals surface area contributed by atoms with Gasteiger partial charge in [-0.25, -0.2) is 4.68 Å². The van der Waals surface area contributed by atoms with E-state index in [0.717, 1.165) is 12.1 Å². The standard InChI is InChI=1S/C19H19F3N6O2/c20-19(21,22)10-2-1-3-12(4-10)28-17-15(7-23-28)16(27-8-14(30)9-27)25-18(26-17)24-11-5-13(29)6-11/h1-4,7,11,13-14,29-30H,5-6,8-9H2,(H,24,25,26). The monoisotopic (exact) mass is 420 g/mol. The zero-order valence-corrected chi connectivity index (χ0v) is 15.7. The Morgan fingerprint density at radius 3 is 2.50 bits per heavy atom. The van der Waals surface area contributed by atoms with E-state index in [1.165, 1.54) is 23.0 Å². The van der Waals surface area contributed by atoms with Crippen LogP contribution in [0.15, 0.2) is 30.5 Å². The number of fused-ring (bicyclic) bond motifs is 1. The number of aliphatic hydroxyl groups is 2. The van der Waals surface area contributed by atoms with E-state index in [9.17, 15) is 23.4 Å². The Morgan fingerprint density at radius 2 is 1.83 bits per heavy atom. The lowest BCUT2D eigenvalue weighted by molar-refractivity contribution is -0.137. The number of benzene rings is 1. The topological polar surface area (TPSA) is 99.3 Å². The van der Waals surface area contributed by atoms with Crippen molar-refractivity contribution in [2.75, 3.05) is 23.3 Å². The van der Waals surface area contributed by atoms with E-state index in [1.54, 1.807) is 0 Å². The third-order valence-corrected chi connectivity index (χ3v) is 5.43. The average molecular weight is 420 g/mol. The molecule has 0 atom stereocenters. The third-order valence-electron chi connectivity index (χ3n) is 5.43. The van der Waals surface area contributed by atoms with Crippen molar-refractivity contribution in [3.05, 3.63) is 36.0 Å². The number of aliphatic hydroxyl groups excluding tert-OH is 2. The summed E-state index contributed by atoms with van der Waals surface area (Å²) in [6, 6.07) is 4.92. The summed E-state index contributed by atoms with van der Waals surface area (Å²) >= 11 is 0. The molecule has 5 rings (SSSR count). The van der Waals surface area contributed by atoms with Gasteiger partial charge in [0.25, 0.3) is 0 Å². The van der Waals surface area contributed by atoms with Crippen molar-refractivity contribution >= 4 is 22.8 Å². The van der Waals surface area contributed by atoms with Gasteiger partial charge >= 0.3 is 6.18 Å². The number of alkyl halides is 3. The van der Waals surface area contributed by atoms with Crippen molar-refractivity contribution in [2.45, 2.75) is 37.3 Å². The first-order chi connectivity index (χ1) is 14.3. The molecule has 8 nitrogen and oxygen atoms in total. The second-order valence-electron chi connectivity index (χ2n) is 7.74. The number of β-amino-alcohol motifs (C(OH)–C–C–N with tert-alkyl or cyclic N) is 1. The van der Waals surface area contributed by atoms with Crippen LogP contribution in [0.4, 0.5) is 24.9 Å². The van der Waals surface area contributed by atoms with E-state index in [4.69, 9.17) is 0 Å². The third kappa shape index (κ3) is 3.33. The van der Waals surface area contributed by atoms with Crippen LogP contribution in [-0.2, 0) is 6.18 Å². The molecule has 2 aromatic heterocycles. The van der Waals surface area contributed by atoms with E-state index in [2.05, 4.69) is 20.4 Å². The zero-order valence-electron chi connectivity index (χ0n) is 15.7. The molecule has 0 bridgehead atoms. The number of aromatic nitrogens is 4. The van der Waals surface area contributed by atoms with Gasteiger partial charge in [-0.1, -0.05) is 6.07 Å². The summed E-state index contributed by atoms with van der Waals surface area (Å²) in [4.78, 5) is 10.9. The number of nitrogens with one attached hydrogen (secondary N) is 1. The molecule has 0 radical (unpaired) electrons. The minimum atomic E-state index is -4.47. The highest BCUT2D eigenvalue weighted by atomic mass is 19.4. The number of halogens is 3. The van der Waals surface area contributed by atoms with E-state index in [-0.39, 0.29) is 17.8 Å². The Balaban J connectivity index is 1.59. The van der Waals surface area contributed by atoms with Gasteiger partial charge in [-0.3, -0.25) is 0 Å². The highest BCUT2D eigenvalue weighted by Gasteiger charge is 2.32. The van der Waals surface area contributed by atoms with Gasteiger partial charge in [-0.05, 0) is 31.0 Å². The van der Waals surface area contributed by atoms with Crippen LogP contribution in [0, 0.1) is 0 Å². The van der Waals surface area contributed by atoms with E-state index >= 15 is 0 Å². The van der Waals surface area contributed by atoms with Crippen molar-refractivity contribution in [1.82, 2.24) is 19.7 Å². The smallest absolute Gasteiger partial charge is 0.393 e. The second kappa shape index (κ2) is 6.81. The Morgan fingerprint density at radius 1 is 1.07 bits per heavy atom. The fraction of sp³-hybridized carbons (Fsp3) is 0.421. The SMILES string of the molecule is OC1CC(Nc2nc(N3CC(O)C3)c3cnn(-c4cccc(C(F)(F)F)c4)c3n2)C1. The van der Waals surface area contributed by atoms with Gasteiger partial charge in [0.15, 0.2) is 5.65 Å². The van der Waals surface area contributed by atoms with Crippen LogP contribution in [0.1, 0.15) is 18.4 Å². The van der Waals surface area contributed by atoms with E-state index in [0.29, 0.717) is 48.7 Å². The number of anilines is 2. The minimum absolute atomic E-state index is 0.0252. The predicted octanol–water partition coefficient (Wildman–Crippen LogP) is 1.95. The molecule has 2 aliphatic rings. The van der Waals surface area contributed by atoms with Gasteiger partial charge in [-0.15, -0.1) is 0 Å². The summed E-state index contributed by atoms with van der Waals surface area (Å²) in [6.45, 7) is 0.810. The predicted molar refractivity (Wildman–Crippen MR) is 103 cm³/mol. The summed E-state index contributed by atoms with van der Waals surface area (Å²) in [6.07, 6.45) is -2.60. The molecule has 3 N–H and O–H groups in total. The first-order valence-corrected chi connectivity index (χ1v) is 9.59. The molecular weight excluding hydrogens is 401 g/mol. The van der Waals surface area contributed by atoms with Gasteiger partial charge in [0, 0.05) is 19.1 Å². The van der Waals surface area contributed by atoms with Crippen molar-refractivity contribution in [3.63, 3.8) is 0 Å². The molecule has 1 saturated carbocycles. The Hall–Kier alpha value is -2.92. The van der Waals surface area contributed by atoms with E-state index < -0.39 is 17.8 Å². The molecule has 158 valence electrons. The molecule has 0 unspecified atom stereocenters. The van der Waals surface area contributed by atoms with E-state index in [1.807, 2.05) is 4.90 Å². The van der Waals surface area contributed by atoms with Gasteiger partial charge in [0.1, 0.15) is 5.82 Å². The van der Waals surface area contributed by atoms with Crippen molar-refractivity contribution in [1.29, 1.82) is 0 Å². The van der Waals surface area contributed by atoms with Gasteiger partial charge in [-0.2, -0.15) is 28.2 Å². The van der Waals surface area contributed by atoms with Crippen LogP contribution in [0.3, 0.4) is 0 Å². The maximum Gasteiger partial charge on any atom is 0.416 e. The molecular formula is C19H19F3N6O2. The molecule has 2 fully saturated rings. The largest absolute Gasteiger partial charge is 0.416 e. The minimum Gasteiger partial charge on any atom is -0.393 e. The highest BCUT2D eigenvalue weighted by Crippen LogP contribution is 2.33. The van der Waals surface area contributed by atoms with Gasteiger partial charge in [0.05, 0.1) is 35.0 Å². The highest BCUT2D eigenvalue weighted by molar-refractivity contribution is 5.89. The second-order valence-corrected chi connectivity index (χ2v) is 7.74. The zero-order chi connectivity index (χ0) is 21.0. The lowest BCUT2D eigenvalue weighted by Crippen LogP contribution is -2.51. The molecule has 30 heavy (non-hydrogen) atoms. The average Bonchev–Trinajstić information content (AvgIpc) is 3.07. The maximum atomic E-state index is 13.2. The molecule has 1 aliphatic carbocycles. The molecule has 0 spiro atoms. The number of rotatable bonds is 4. The first-order valence-electron chi connectivity index (χ1n) is 9.59. The molecule has 0 amide bonds. The van der Waals surface area contributed by atoms with Gasteiger partial charge in [0.2, 0.25) is 5.95 Å². The molecule has 3 heterocycles. The number of hydrogen-bond donors (Lipinski definition) is 3. The Kier molecular flexibility index (Phi) is 4.33. The fourth-order valence-corrected chi connectivity index (χ4v) is 3.72. The summed E-state index contributed by atoms with van der Waals surface area (Å²) in [5.41, 5.74) is -0.174. The Labute approximate surface area is 169 Å². The summed E-state index contributed by atoms with van der Waals surface area (Å²) in [5, 5.41) is 27.2. The number of hydrogen-bond acceptors (Lipinski definition) is 7. The molecule has 1 saturated heterocycles. The molecule has 1 aliphatic heterocycles. The fourth-order valence-electron chi connectivity index (χ4n) is 3.72. The first kappa shape index (κ1) is 19.1. The van der Waals surface area contributed by atoms with Gasteiger partial charge < -0.3 is 20.4 Å². The summed E-state index contributed by atoms with van der Waals surface area (Å²) in [7, 11) is 0. The lowest BCUT2D eigenvalue weighted by Gasteiger charge is -2.37. The van der Waals surface area contributed by atoms with Crippen molar-refractivity contribution in [3.8, 4) is 5.69 Å². The summed E-state index contributed by atoms with van der Waals surface area (Å²) < 4.78 is 40.8. The molecule has 1 aromatic carbocycles. The van der Waals surface area contributed by atoms with Crippen LogP contribution < -0.4 is 10.2 Å². The number of nitrogens with zero attached hydrogens (tertiary/aromatic N) is 5. The van der Waals surface area contributed by atoms with Crippen LogP contribution in [0.2, 0.25) is 0 Å². The normalized spacial score (nSPS) is 22.1. The molecule has 11 heteroatoms. The molecule has 3 aromatic rings. The lowest BCUT2D eigenvalue weighted by atomic mass is 9.90. The van der Waals surface area contributed by atoms with Crippen LogP contribution in [0.5, 0.6) is 0 Å². The van der Waals surface area contributed by atoms with Crippen LogP contribution in [-0.4, -0.2) is 61.3 Å². The quantitative estimate of drug-likeness (QED) is 0.593.